The number of hydrogen-bond acceptors (Lipinski definition) is 3. The number of aliphatic imine (C=N–C) groups is 1. The van der Waals surface area contributed by atoms with E-state index in [4.69, 9.17) is 4.74 Å². The lowest BCUT2D eigenvalue weighted by Crippen LogP contribution is -2.45. The molecule has 0 atom stereocenters. The molecule has 1 saturated carbocycles. The van der Waals surface area contributed by atoms with E-state index < -0.39 is 0 Å². The Labute approximate surface area is 165 Å². The molecule has 6 nitrogen and oxygen atoms in total. The van der Waals surface area contributed by atoms with Crippen LogP contribution in [0.2, 0.25) is 0 Å². The van der Waals surface area contributed by atoms with Crippen LogP contribution in [-0.2, 0) is 14.9 Å². The first-order valence-electron chi connectivity index (χ1n) is 8.06. The number of carbonyl (C=O) groups excluding carboxylic acids is 1. The van der Waals surface area contributed by atoms with E-state index >= 15 is 0 Å². The molecule has 25 heavy (non-hydrogen) atoms. The lowest BCUT2D eigenvalue weighted by molar-refractivity contribution is -0.120. The van der Waals surface area contributed by atoms with Crippen molar-refractivity contribution in [1.82, 2.24) is 16.0 Å². The predicted molar refractivity (Wildman–Crippen MR) is 107 cm³/mol. The fraction of sp³-hybridized carbons (Fsp3) is 0.529. The van der Waals surface area contributed by atoms with Gasteiger partial charge in [-0.25, -0.2) is 4.39 Å². The van der Waals surface area contributed by atoms with Crippen LogP contribution >= 0.6 is 24.0 Å². The average Bonchev–Trinajstić information content (AvgIpc) is 3.36. The van der Waals surface area contributed by atoms with E-state index in [0.29, 0.717) is 25.7 Å². The number of carbonyl (C=O) groups is 1. The summed E-state index contributed by atoms with van der Waals surface area (Å²) < 4.78 is 18.3. The van der Waals surface area contributed by atoms with Crippen LogP contribution in [0.25, 0.3) is 0 Å². The third-order valence-electron chi connectivity index (χ3n) is 4.15. The number of rotatable bonds is 8. The Balaban J connectivity index is 0.00000312. The first kappa shape index (κ1) is 21.6. The van der Waals surface area contributed by atoms with Gasteiger partial charge >= 0.3 is 0 Å². The first-order chi connectivity index (χ1) is 11.6. The maximum Gasteiger partial charge on any atom is 0.239 e. The van der Waals surface area contributed by atoms with Crippen LogP contribution in [0.15, 0.2) is 29.3 Å². The maximum absolute atomic E-state index is 13.4. The second kappa shape index (κ2) is 10.5. The Morgan fingerprint density at radius 3 is 2.68 bits per heavy atom. The van der Waals surface area contributed by atoms with Crippen molar-refractivity contribution < 1.29 is 13.9 Å². The fourth-order valence-corrected chi connectivity index (χ4v) is 2.53. The van der Waals surface area contributed by atoms with Crippen LogP contribution < -0.4 is 16.0 Å². The second-order valence-corrected chi connectivity index (χ2v) is 5.91. The molecule has 1 aliphatic carbocycles. The van der Waals surface area contributed by atoms with Gasteiger partial charge in [0.1, 0.15) is 5.82 Å². The summed E-state index contributed by atoms with van der Waals surface area (Å²) in [4.78, 5) is 15.8. The molecule has 1 aromatic carbocycles. The molecular weight excluding hydrogens is 438 g/mol. The van der Waals surface area contributed by atoms with Crippen LogP contribution in [-0.4, -0.2) is 52.3 Å². The minimum Gasteiger partial charge on any atom is -0.383 e. The quantitative estimate of drug-likeness (QED) is 0.236. The lowest BCUT2D eigenvalue weighted by atomic mass is 9.96. The zero-order valence-corrected chi connectivity index (χ0v) is 16.9. The summed E-state index contributed by atoms with van der Waals surface area (Å²) in [5.74, 6) is 0.217. The highest BCUT2D eigenvalue weighted by atomic mass is 127. The van der Waals surface area contributed by atoms with Crippen molar-refractivity contribution in [2.75, 3.05) is 40.4 Å². The molecule has 2 rings (SSSR count). The Hall–Kier alpha value is -1.42. The average molecular weight is 464 g/mol. The fourth-order valence-electron chi connectivity index (χ4n) is 2.53. The molecule has 1 aliphatic rings. The van der Waals surface area contributed by atoms with Crippen LogP contribution in [0.3, 0.4) is 0 Å². The van der Waals surface area contributed by atoms with Gasteiger partial charge in [0.05, 0.1) is 13.2 Å². The summed E-state index contributed by atoms with van der Waals surface area (Å²) in [7, 11) is 3.24. The van der Waals surface area contributed by atoms with Crippen LogP contribution in [0, 0.1) is 5.82 Å². The molecule has 0 aromatic heterocycles. The van der Waals surface area contributed by atoms with Crippen molar-refractivity contribution in [2.45, 2.75) is 18.3 Å². The van der Waals surface area contributed by atoms with Gasteiger partial charge in [-0.3, -0.25) is 9.79 Å². The molecule has 0 saturated heterocycles. The zero-order chi connectivity index (χ0) is 17.4. The molecule has 140 valence electrons. The zero-order valence-electron chi connectivity index (χ0n) is 14.6. The van der Waals surface area contributed by atoms with Gasteiger partial charge in [-0.2, -0.15) is 0 Å². The minimum absolute atomic E-state index is 0. The van der Waals surface area contributed by atoms with Gasteiger partial charge in [0, 0.05) is 32.7 Å². The highest BCUT2D eigenvalue weighted by Crippen LogP contribution is 2.47. The number of nitrogens with one attached hydrogen (secondary N) is 3. The van der Waals surface area contributed by atoms with Gasteiger partial charge in [-0.15, -0.1) is 24.0 Å². The third kappa shape index (κ3) is 6.77. The summed E-state index contributed by atoms with van der Waals surface area (Å²) in [5.41, 5.74) is 0.961. The number of nitrogens with zero attached hydrogens (tertiary/aromatic N) is 1. The predicted octanol–water partition coefficient (Wildman–Crippen LogP) is 1.40. The topological polar surface area (TPSA) is 74.8 Å². The Kier molecular flexibility index (Phi) is 9.12. The van der Waals surface area contributed by atoms with Gasteiger partial charge < -0.3 is 20.7 Å². The van der Waals surface area contributed by atoms with Gasteiger partial charge in [-0.1, -0.05) is 12.1 Å². The molecule has 0 radical (unpaired) electrons. The molecule has 0 heterocycles. The normalized spacial score (nSPS) is 15.1. The van der Waals surface area contributed by atoms with E-state index in [1.54, 1.807) is 26.3 Å². The molecule has 1 amide bonds. The smallest absolute Gasteiger partial charge is 0.239 e. The highest BCUT2D eigenvalue weighted by molar-refractivity contribution is 14.0. The van der Waals surface area contributed by atoms with Gasteiger partial charge in [-0.05, 0) is 30.5 Å². The maximum atomic E-state index is 13.4. The summed E-state index contributed by atoms with van der Waals surface area (Å²) in [6, 6.07) is 6.74. The van der Waals surface area contributed by atoms with Crippen LogP contribution in [0.5, 0.6) is 0 Å². The van der Waals surface area contributed by atoms with Crippen molar-refractivity contribution in [3.8, 4) is 0 Å². The molecule has 0 bridgehead atoms. The van der Waals surface area contributed by atoms with Gasteiger partial charge in [0.25, 0.3) is 0 Å². The van der Waals surface area contributed by atoms with E-state index in [0.717, 1.165) is 18.4 Å². The number of guanidine groups is 1. The van der Waals surface area contributed by atoms with E-state index in [2.05, 4.69) is 20.9 Å². The lowest BCUT2D eigenvalue weighted by Gasteiger charge is -2.19. The van der Waals surface area contributed by atoms with E-state index in [9.17, 15) is 9.18 Å². The summed E-state index contributed by atoms with van der Waals surface area (Å²) in [5, 5.41) is 8.92. The van der Waals surface area contributed by atoms with Crippen molar-refractivity contribution in [3.63, 3.8) is 0 Å². The molecule has 0 spiro atoms. The Morgan fingerprint density at radius 2 is 2.08 bits per heavy atom. The van der Waals surface area contributed by atoms with Crippen molar-refractivity contribution in [3.05, 3.63) is 35.6 Å². The van der Waals surface area contributed by atoms with Crippen molar-refractivity contribution >= 4 is 35.8 Å². The van der Waals surface area contributed by atoms with E-state index in [1.807, 2.05) is 6.07 Å². The second-order valence-electron chi connectivity index (χ2n) is 5.91. The van der Waals surface area contributed by atoms with Crippen molar-refractivity contribution in [1.29, 1.82) is 0 Å². The van der Waals surface area contributed by atoms with Gasteiger partial charge in [0.15, 0.2) is 5.96 Å². The number of hydrogen-bond donors (Lipinski definition) is 3. The molecule has 0 unspecified atom stereocenters. The number of ether oxygens (including phenoxy) is 1. The van der Waals surface area contributed by atoms with Crippen molar-refractivity contribution in [2.24, 2.45) is 4.99 Å². The molecule has 0 aliphatic heterocycles. The van der Waals surface area contributed by atoms with Crippen LogP contribution in [0.4, 0.5) is 4.39 Å². The highest BCUT2D eigenvalue weighted by Gasteiger charge is 2.44. The monoisotopic (exact) mass is 464 g/mol. The third-order valence-corrected chi connectivity index (χ3v) is 4.15. The number of methoxy groups -OCH3 is 1. The molecule has 8 heteroatoms. The number of amides is 1. The summed E-state index contributed by atoms with van der Waals surface area (Å²) >= 11 is 0. The molecule has 1 fully saturated rings. The molecular formula is C17H26FIN4O2. The largest absolute Gasteiger partial charge is 0.383 e. The first-order valence-corrected chi connectivity index (χ1v) is 8.06. The minimum atomic E-state index is -0.214. The molecule has 3 N–H and O–H groups in total. The number of halogens is 2. The SMILES string of the molecule is CN=C(NCC(=O)NCCOC)NCC1(c2cccc(F)c2)CC1.I. The van der Waals surface area contributed by atoms with E-state index in [1.165, 1.54) is 6.07 Å². The standard InChI is InChI=1S/C17H25FN4O2.HI/c1-19-16(21-11-15(23)20-8-9-24-2)22-12-17(6-7-17)13-4-3-5-14(18)10-13;/h3-5,10H,6-9,11-12H2,1-2H3,(H,20,23)(H2,19,21,22);1H. The Morgan fingerprint density at radius 1 is 1.32 bits per heavy atom. The Bertz CT molecular complexity index is 594. The van der Waals surface area contributed by atoms with Gasteiger partial charge in [0.2, 0.25) is 5.91 Å². The number of benzene rings is 1. The van der Waals surface area contributed by atoms with E-state index in [-0.39, 0.29) is 47.7 Å². The molecule has 1 aromatic rings. The summed E-state index contributed by atoms with van der Waals surface area (Å²) in [6.45, 7) is 1.75. The summed E-state index contributed by atoms with van der Waals surface area (Å²) in [6.07, 6.45) is 2.02. The van der Waals surface area contributed by atoms with Crippen LogP contribution in [0.1, 0.15) is 18.4 Å².